The number of nitrogens with two attached hydrogens (primary N) is 1. The van der Waals surface area contributed by atoms with Gasteiger partial charge >= 0.3 is 5.97 Å². The van der Waals surface area contributed by atoms with Crippen molar-refractivity contribution in [2.24, 2.45) is 5.73 Å². The van der Waals surface area contributed by atoms with Crippen molar-refractivity contribution in [1.29, 1.82) is 0 Å². The average molecular weight is 315 g/mol. The maximum atomic E-state index is 10.2. The Labute approximate surface area is 135 Å². The summed E-state index contributed by atoms with van der Waals surface area (Å²) >= 11 is 0. The van der Waals surface area contributed by atoms with E-state index >= 15 is 0 Å². The number of fused-ring (bicyclic) bond motifs is 1. The highest BCUT2D eigenvalue weighted by atomic mass is 16.4. The fourth-order valence-electron chi connectivity index (χ4n) is 2.64. The van der Waals surface area contributed by atoms with Gasteiger partial charge in [-0.05, 0) is 35.6 Å². The second-order valence-electron chi connectivity index (χ2n) is 5.61. The van der Waals surface area contributed by atoms with Crippen molar-refractivity contribution in [3.05, 3.63) is 70.8 Å². The van der Waals surface area contributed by atoms with Gasteiger partial charge in [-0.15, -0.1) is 0 Å². The Kier molecular flexibility index (Phi) is 5.50. The molecule has 3 atom stereocenters. The highest BCUT2D eigenvalue weighted by Gasteiger charge is 2.28. The summed E-state index contributed by atoms with van der Waals surface area (Å²) in [5.41, 5.74) is 9.64. The van der Waals surface area contributed by atoms with E-state index in [1.54, 1.807) is 30.3 Å². The normalized spacial score (nSPS) is 20.2. The van der Waals surface area contributed by atoms with Gasteiger partial charge in [-0.25, -0.2) is 4.79 Å². The van der Waals surface area contributed by atoms with Gasteiger partial charge in [0.25, 0.3) is 0 Å². The third-order valence-electron chi connectivity index (χ3n) is 3.96. The zero-order valence-electron chi connectivity index (χ0n) is 12.9. The number of carbonyl (C=O) groups is 1. The first-order valence-corrected chi connectivity index (χ1v) is 7.39. The molecule has 5 nitrogen and oxygen atoms in total. The minimum absolute atomic E-state index is 0.110. The molecule has 0 amide bonds. The molecule has 5 heteroatoms. The number of aliphatic hydroxyl groups excluding tert-OH is 2. The van der Waals surface area contributed by atoms with Gasteiger partial charge in [0, 0.05) is 6.04 Å². The minimum Gasteiger partial charge on any atom is -0.479 e. The van der Waals surface area contributed by atoms with E-state index in [2.05, 4.69) is 13.0 Å². The molecule has 2 aromatic carbocycles. The van der Waals surface area contributed by atoms with Crippen molar-refractivity contribution >= 4 is 5.97 Å². The Morgan fingerprint density at radius 3 is 2.39 bits per heavy atom. The van der Waals surface area contributed by atoms with Crippen LogP contribution < -0.4 is 5.73 Å². The molecule has 23 heavy (non-hydrogen) atoms. The van der Waals surface area contributed by atoms with Crippen LogP contribution >= 0.6 is 0 Å². The number of carboxylic acids is 1. The molecule has 5 N–H and O–H groups in total. The molecule has 122 valence electrons. The van der Waals surface area contributed by atoms with Crippen LogP contribution in [0.15, 0.2) is 48.5 Å². The molecule has 1 aliphatic carbocycles. The van der Waals surface area contributed by atoms with Crippen LogP contribution in [0.3, 0.4) is 0 Å². The molecule has 2 aromatic rings. The Morgan fingerprint density at radius 2 is 1.83 bits per heavy atom. The van der Waals surface area contributed by atoms with E-state index in [9.17, 15) is 9.90 Å². The number of benzene rings is 2. The SMILES string of the molecule is Cc1cccc2c1C[C@@H](N)[C@H]2O.O=C(O)[C@H](O)c1ccccc1. The van der Waals surface area contributed by atoms with Crippen LogP contribution in [0.2, 0.25) is 0 Å². The molecule has 0 heterocycles. The largest absolute Gasteiger partial charge is 0.479 e. The Bertz CT molecular complexity index is 672. The lowest BCUT2D eigenvalue weighted by molar-refractivity contribution is -0.146. The first-order valence-electron chi connectivity index (χ1n) is 7.39. The Morgan fingerprint density at radius 1 is 1.17 bits per heavy atom. The van der Waals surface area contributed by atoms with Crippen molar-refractivity contribution in [3.63, 3.8) is 0 Å². The number of hydrogen-bond donors (Lipinski definition) is 4. The maximum absolute atomic E-state index is 10.2. The molecule has 0 spiro atoms. The molecule has 1 aliphatic rings. The van der Waals surface area contributed by atoms with Gasteiger partial charge in [-0.2, -0.15) is 0 Å². The van der Waals surface area contributed by atoms with Gasteiger partial charge < -0.3 is 21.1 Å². The van der Waals surface area contributed by atoms with Gasteiger partial charge in [0.2, 0.25) is 0 Å². The lowest BCUT2D eigenvalue weighted by Crippen LogP contribution is -2.24. The Hall–Kier alpha value is -2.21. The highest BCUT2D eigenvalue weighted by molar-refractivity contribution is 5.73. The van der Waals surface area contributed by atoms with Gasteiger partial charge in [-0.1, -0.05) is 48.5 Å². The van der Waals surface area contributed by atoms with Crippen LogP contribution in [0.25, 0.3) is 0 Å². The van der Waals surface area contributed by atoms with E-state index in [0.717, 1.165) is 12.0 Å². The third kappa shape index (κ3) is 3.96. The second-order valence-corrected chi connectivity index (χ2v) is 5.61. The Balaban J connectivity index is 0.000000168. The van der Waals surface area contributed by atoms with Crippen molar-refractivity contribution in [1.82, 2.24) is 0 Å². The van der Waals surface area contributed by atoms with Crippen LogP contribution in [-0.2, 0) is 11.2 Å². The first-order chi connectivity index (χ1) is 10.9. The van der Waals surface area contributed by atoms with Gasteiger partial charge in [0.1, 0.15) is 0 Å². The van der Waals surface area contributed by atoms with E-state index in [-0.39, 0.29) is 6.04 Å². The summed E-state index contributed by atoms with van der Waals surface area (Å²) in [6.45, 7) is 2.06. The molecule has 0 radical (unpaired) electrons. The standard InChI is InChI=1S/C10H13NO.C8H8O3/c1-6-3-2-4-7-8(6)5-9(11)10(7)12;9-7(8(10)11)6-4-2-1-3-5-6/h2-4,9-10,12H,5,11H2,1H3;1-5,7,9H,(H,10,11)/t9-,10+;7-/m11/s1. The van der Waals surface area contributed by atoms with Crippen LogP contribution in [0.5, 0.6) is 0 Å². The summed E-state index contributed by atoms with van der Waals surface area (Å²) in [6.07, 6.45) is -1.06. The topological polar surface area (TPSA) is 104 Å². The van der Waals surface area contributed by atoms with Crippen LogP contribution in [-0.4, -0.2) is 27.3 Å². The second kappa shape index (κ2) is 7.37. The number of carboxylic acid groups (broad SMARTS) is 1. The molecule has 3 rings (SSSR count). The predicted octanol–water partition coefficient (Wildman–Crippen LogP) is 1.72. The van der Waals surface area contributed by atoms with Crippen LogP contribution in [0.1, 0.15) is 34.5 Å². The van der Waals surface area contributed by atoms with E-state index in [0.29, 0.717) is 5.56 Å². The number of aryl methyl sites for hydroxylation is 1. The van der Waals surface area contributed by atoms with Crippen molar-refractivity contribution in [3.8, 4) is 0 Å². The summed E-state index contributed by atoms with van der Waals surface area (Å²) in [5.74, 6) is -1.23. The highest BCUT2D eigenvalue weighted by Crippen LogP contribution is 2.31. The van der Waals surface area contributed by atoms with Gasteiger partial charge in [-0.3, -0.25) is 0 Å². The lowest BCUT2D eigenvalue weighted by Gasteiger charge is -2.07. The van der Waals surface area contributed by atoms with Gasteiger partial charge in [0.15, 0.2) is 6.10 Å². The molecule has 0 saturated carbocycles. The fourth-order valence-corrected chi connectivity index (χ4v) is 2.64. The molecular formula is C18H21NO4. The summed E-state index contributed by atoms with van der Waals surface area (Å²) in [7, 11) is 0. The summed E-state index contributed by atoms with van der Waals surface area (Å²) < 4.78 is 0. The first kappa shape index (κ1) is 17.1. The van der Waals surface area contributed by atoms with Crippen molar-refractivity contribution in [2.45, 2.75) is 31.6 Å². The number of rotatable bonds is 2. The minimum atomic E-state index is -1.41. The number of hydrogen-bond acceptors (Lipinski definition) is 4. The quantitative estimate of drug-likeness (QED) is 0.675. The third-order valence-corrected chi connectivity index (χ3v) is 3.96. The zero-order valence-corrected chi connectivity index (χ0v) is 12.9. The molecule has 0 bridgehead atoms. The number of aliphatic hydroxyl groups is 2. The molecule has 0 saturated heterocycles. The van der Waals surface area contributed by atoms with Crippen molar-refractivity contribution in [2.75, 3.05) is 0 Å². The number of aliphatic carboxylic acids is 1. The zero-order chi connectivity index (χ0) is 17.0. The fraction of sp³-hybridized carbons (Fsp3) is 0.278. The molecule has 0 aromatic heterocycles. The van der Waals surface area contributed by atoms with Crippen LogP contribution in [0.4, 0.5) is 0 Å². The summed E-state index contributed by atoms with van der Waals surface area (Å²) in [5, 5.41) is 27.0. The monoisotopic (exact) mass is 315 g/mol. The molecular weight excluding hydrogens is 294 g/mol. The van der Waals surface area contributed by atoms with Gasteiger partial charge in [0.05, 0.1) is 6.10 Å². The summed E-state index contributed by atoms with van der Waals surface area (Å²) in [6, 6.07) is 14.1. The van der Waals surface area contributed by atoms with Crippen molar-refractivity contribution < 1.29 is 20.1 Å². The molecule has 0 fully saturated rings. The van der Waals surface area contributed by atoms with E-state index in [1.165, 1.54) is 11.1 Å². The molecule has 0 unspecified atom stereocenters. The maximum Gasteiger partial charge on any atom is 0.337 e. The predicted molar refractivity (Wildman–Crippen MR) is 86.9 cm³/mol. The van der Waals surface area contributed by atoms with E-state index < -0.39 is 18.2 Å². The van der Waals surface area contributed by atoms with Crippen LogP contribution in [0, 0.1) is 6.92 Å². The van der Waals surface area contributed by atoms with E-state index in [1.807, 2.05) is 12.1 Å². The molecule has 0 aliphatic heterocycles. The summed E-state index contributed by atoms with van der Waals surface area (Å²) in [4.78, 5) is 10.2. The average Bonchev–Trinajstić information content (AvgIpc) is 2.85. The van der Waals surface area contributed by atoms with E-state index in [4.69, 9.17) is 15.9 Å². The lowest BCUT2D eigenvalue weighted by atomic mass is 10.0. The smallest absolute Gasteiger partial charge is 0.337 e.